The van der Waals surface area contributed by atoms with Gasteiger partial charge >= 0.3 is 0 Å². The zero-order valence-corrected chi connectivity index (χ0v) is 17.1. The van der Waals surface area contributed by atoms with Gasteiger partial charge in [0.2, 0.25) is 5.91 Å². The number of carbonyl (C=O) groups excluding carboxylic acids is 1. The van der Waals surface area contributed by atoms with Gasteiger partial charge in [-0.1, -0.05) is 30.8 Å². The van der Waals surface area contributed by atoms with Gasteiger partial charge in [-0.3, -0.25) is 4.79 Å². The fraction of sp³-hybridized carbons (Fsp3) is 0.333. The van der Waals surface area contributed by atoms with Crippen LogP contribution in [0.25, 0.3) is 0 Å². The number of nitriles is 2. The summed E-state index contributed by atoms with van der Waals surface area (Å²) in [6, 6.07) is 9.65. The molecule has 154 valence electrons. The number of anilines is 1. The summed E-state index contributed by atoms with van der Waals surface area (Å²) in [6.07, 6.45) is 0.451. The second kappa shape index (κ2) is 9.12. The number of amides is 1. The topological polar surface area (TPSA) is 127 Å². The third-order valence-corrected chi connectivity index (χ3v) is 6.21. The number of aromatic nitrogens is 1. The van der Waals surface area contributed by atoms with Gasteiger partial charge in [0.1, 0.15) is 34.0 Å². The van der Waals surface area contributed by atoms with E-state index < -0.39 is 23.1 Å². The standard InChI is InChI=1S/C21H20FN5O2S/c1-2-15-16(9-23)20(27-8-7-14(28)11-27)26-21(17(15)10-24)30-18(19(25)29)12-3-5-13(22)6-4-12/h3-6,14,18,28H,2,7-8,11H2,1H3,(H2,25,29). The zero-order chi connectivity index (χ0) is 21.8. The molecule has 2 unspecified atom stereocenters. The van der Waals surface area contributed by atoms with Gasteiger partial charge in [0.15, 0.2) is 0 Å². The van der Waals surface area contributed by atoms with Crippen LogP contribution in [0, 0.1) is 28.5 Å². The van der Waals surface area contributed by atoms with Crippen molar-refractivity contribution >= 4 is 23.5 Å². The summed E-state index contributed by atoms with van der Waals surface area (Å²) in [6.45, 7) is 2.69. The molecule has 1 aliphatic heterocycles. The Morgan fingerprint density at radius 2 is 2.03 bits per heavy atom. The van der Waals surface area contributed by atoms with Gasteiger partial charge < -0.3 is 15.7 Å². The molecule has 0 radical (unpaired) electrons. The summed E-state index contributed by atoms with van der Waals surface area (Å²) in [4.78, 5) is 18.5. The van der Waals surface area contributed by atoms with Crippen molar-refractivity contribution in [3.63, 3.8) is 0 Å². The third kappa shape index (κ3) is 4.23. The molecule has 0 aliphatic carbocycles. The molecule has 2 heterocycles. The Hall–Kier alpha value is -3.14. The lowest BCUT2D eigenvalue weighted by atomic mass is 10.0. The Balaban J connectivity index is 2.12. The van der Waals surface area contributed by atoms with Gasteiger partial charge in [-0.25, -0.2) is 9.37 Å². The van der Waals surface area contributed by atoms with E-state index in [9.17, 15) is 24.8 Å². The molecule has 0 bridgehead atoms. The summed E-state index contributed by atoms with van der Waals surface area (Å²) < 4.78 is 13.3. The van der Waals surface area contributed by atoms with Gasteiger partial charge in [0, 0.05) is 13.1 Å². The van der Waals surface area contributed by atoms with Crippen molar-refractivity contribution in [2.45, 2.75) is 36.1 Å². The normalized spacial score (nSPS) is 16.7. The Bertz CT molecular complexity index is 1050. The lowest BCUT2D eigenvalue weighted by Gasteiger charge is -2.22. The molecule has 1 saturated heterocycles. The minimum Gasteiger partial charge on any atom is -0.391 e. The molecular weight excluding hydrogens is 405 g/mol. The maximum Gasteiger partial charge on any atom is 0.235 e. The van der Waals surface area contributed by atoms with E-state index in [0.717, 1.165) is 11.8 Å². The number of primary amides is 1. The number of β-amino-alcohol motifs (C(OH)–C–C–N with tert-alkyl or cyclic N) is 1. The highest BCUT2D eigenvalue weighted by molar-refractivity contribution is 8.00. The van der Waals surface area contributed by atoms with Crippen LogP contribution in [-0.2, 0) is 11.2 Å². The molecule has 30 heavy (non-hydrogen) atoms. The smallest absolute Gasteiger partial charge is 0.235 e. The molecule has 2 atom stereocenters. The van der Waals surface area contributed by atoms with Crippen LogP contribution < -0.4 is 10.6 Å². The molecule has 0 spiro atoms. The van der Waals surface area contributed by atoms with E-state index in [1.54, 1.807) is 0 Å². The Morgan fingerprint density at radius 1 is 1.37 bits per heavy atom. The van der Waals surface area contributed by atoms with Crippen molar-refractivity contribution in [3.05, 3.63) is 52.3 Å². The van der Waals surface area contributed by atoms with Crippen LogP contribution in [0.4, 0.5) is 10.2 Å². The van der Waals surface area contributed by atoms with Crippen LogP contribution in [-0.4, -0.2) is 35.2 Å². The Labute approximate surface area is 177 Å². The van der Waals surface area contributed by atoms with Crippen molar-refractivity contribution in [3.8, 4) is 12.1 Å². The number of nitrogens with two attached hydrogens (primary N) is 1. The van der Waals surface area contributed by atoms with Crippen molar-refractivity contribution in [2.24, 2.45) is 5.73 Å². The molecule has 1 fully saturated rings. The predicted octanol–water partition coefficient (Wildman–Crippen LogP) is 2.42. The van der Waals surface area contributed by atoms with Crippen molar-refractivity contribution in [1.82, 2.24) is 4.98 Å². The quantitative estimate of drug-likeness (QED) is 0.680. The fourth-order valence-electron chi connectivity index (χ4n) is 3.47. The van der Waals surface area contributed by atoms with E-state index in [1.807, 2.05) is 11.8 Å². The Kier molecular flexibility index (Phi) is 6.56. The number of hydrogen-bond donors (Lipinski definition) is 2. The van der Waals surface area contributed by atoms with Crippen LogP contribution >= 0.6 is 11.8 Å². The molecule has 1 aromatic heterocycles. The average molecular weight is 425 g/mol. The van der Waals surface area contributed by atoms with Gasteiger partial charge in [-0.05, 0) is 36.1 Å². The fourth-order valence-corrected chi connectivity index (χ4v) is 4.53. The Morgan fingerprint density at radius 3 is 2.53 bits per heavy atom. The van der Waals surface area contributed by atoms with Crippen molar-refractivity contribution < 1.29 is 14.3 Å². The number of benzene rings is 1. The number of nitrogens with zero attached hydrogens (tertiary/aromatic N) is 4. The molecule has 1 amide bonds. The first kappa shape index (κ1) is 21.6. The van der Waals surface area contributed by atoms with Crippen molar-refractivity contribution in [1.29, 1.82) is 10.5 Å². The predicted molar refractivity (Wildman–Crippen MR) is 110 cm³/mol. The summed E-state index contributed by atoms with van der Waals surface area (Å²) in [7, 11) is 0. The number of carbonyl (C=O) groups is 1. The summed E-state index contributed by atoms with van der Waals surface area (Å²) in [5.74, 6) is -0.711. The monoisotopic (exact) mass is 425 g/mol. The van der Waals surface area contributed by atoms with E-state index in [2.05, 4.69) is 17.1 Å². The highest BCUT2D eigenvalue weighted by atomic mass is 32.2. The van der Waals surface area contributed by atoms with Gasteiger partial charge in [0.25, 0.3) is 0 Å². The minimum atomic E-state index is -0.889. The minimum absolute atomic E-state index is 0.218. The van der Waals surface area contributed by atoms with E-state index in [1.165, 1.54) is 24.3 Å². The molecule has 9 heteroatoms. The van der Waals surface area contributed by atoms with Crippen molar-refractivity contribution in [2.75, 3.05) is 18.0 Å². The van der Waals surface area contributed by atoms with Crippen LogP contribution in [0.3, 0.4) is 0 Å². The summed E-state index contributed by atoms with van der Waals surface area (Å²) in [5, 5.41) is 28.8. The van der Waals surface area contributed by atoms with E-state index in [0.29, 0.717) is 48.4 Å². The molecule has 1 aliphatic rings. The molecule has 3 N–H and O–H groups in total. The zero-order valence-electron chi connectivity index (χ0n) is 16.3. The molecule has 2 aromatic rings. The maximum atomic E-state index is 13.3. The first-order chi connectivity index (χ1) is 14.4. The number of thioether (sulfide) groups is 1. The number of pyridine rings is 1. The van der Waals surface area contributed by atoms with E-state index in [4.69, 9.17) is 5.73 Å². The summed E-state index contributed by atoms with van der Waals surface area (Å²) >= 11 is 1.00. The van der Waals surface area contributed by atoms with E-state index >= 15 is 0 Å². The van der Waals surface area contributed by atoms with Gasteiger partial charge in [-0.2, -0.15) is 10.5 Å². The number of aliphatic hydroxyl groups excluding tert-OH is 1. The maximum absolute atomic E-state index is 13.3. The number of rotatable bonds is 6. The first-order valence-electron chi connectivity index (χ1n) is 9.41. The van der Waals surface area contributed by atoms with Crippen LogP contribution in [0.15, 0.2) is 29.3 Å². The second-order valence-electron chi connectivity index (χ2n) is 6.89. The SMILES string of the molecule is CCc1c(C#N)c(SC(C(N)=O)c2ccc(F)cc2)nc(N2CCC(O)C2)c1C#N. The van der Waals surface area contributed by atoms with Gasteiger partial charge in [-0.15, -0.1) is 0 Å². The van der Waals surface area contributed by atoms with Crippen LogP contribution in [0.2, 0.25) is 0 Å². The lowest BCUT2D eigenvalue weighted by Crippen LogP contribution is -2.25. The number of hydrogen-bond acceptors (Lipinski definition) is 7. The van der Waals surface area contributed by atoms with Crippen LogP contribution in [0.5, 0.6) is 0 Å². The van der Waals surface area contributed by atoms with Crippen LogP contribution in [0.1, 0.15) is 40.8 Å². The number of aliphatic hydroxyl groups is 1. The second-order valence-corrected chi connectivity index (χ2v) is 7.98. The average Bonchev–Trinajstić information content (AvgIpc) is 3.17. The van der Waals surface area contributed by atoms with E-state index in [-0.39, 0.29) is 10.6 Å². The first-order valence-corrected chi connectivity index (χ1v) is 10.3. The molecular formula is C21H20FN5O2S. The number of halogens is 1. The van der Waals surface area contributed by atoms with Gasteiger partial charge in [0.05, 0.1) is 17.2 Å². The molecule has 0 saturated carbocycles. The summed E-state index contributed by atoms with van der Waals surface area (Å²) in [5.41, 5.74) is 7.13. The largest absolute Gasteiger partial charge is 0.391 e. The molecule has 7 nitrogen and oxygen atoms in total. The molecule has 1 aromatic carbocycles. The third-order valence-electron chi connectivity index (χ3n) is 4.95. The molecule has 3 rings (SSSR count). The highest BCUT2D eigenvalue weighted by Gasteiger charge is 2.30. The lowest BCUT2D eigenvalue weighted by molar-refractivity contribution is -0.117. The highest BCUT2D eigenvalue weighted by Crippen LogP contribution is 2.40.